The Bertz CT molecular complexity index is 1290. The number of nitrogens with one attached hydrogen (secondary N) is 2. The number of aryl methyl sites for hydroxylation is 1. The van der Waals surface area contributed by atoms with Crippen molar-refractivity contribution in [3.05, 3.63) is 124 Å². The van der Waals surface area contributed by atoms with Crippen molar-refractivity contribution in [1.29, 1.82) is 0 Å². The fourth-order valence-corrected chi connectivity index (χ4v) is 4.80. The Balaban J connectivity index is 0.000000567. The lowest BCUT2D eigenvalue weighted by atomic mass is 10.1. The molecule has 6 aromatic heterocycles. The van der Waals surface area contributed by atoms with E-state index in [9.17, 15) is 0 Å². The lowest BCUT2D eigenvalue weighted by Crippen LogP contribution is -1.85. The number of furan rings is 1. The van der Waals surface area contributed by atoms with Crippen LogP contribution in [0, 0.1) is 5.92 Å². The molecule has 0 aliphatic carbocycles. The van der Waals surface area contributed by atoms with E-state index >= 15 is 0 Å². The molecule has 0 bridgehead atoms. The van der Waals surface area contributed by atoms with Gasteiger partial charge < -0.3 is 9.40 Å². The first-order chi connectivity index (χ1) is 23.6. The lowest BCUT2D eigenvalue weighted by molar-refractivity contribution is 0.562. The average Bonchev–Trinajstić information content (AvgIpc) is 3.92. The number of thiazole rings is 1. The fourth-order valence-electron chi connectivity index (χ4n) is 3.32. The maximum absolute atomic E-state index is 4.88. The summed E-state index contributed by atoms with van der Waals surface area (Å²) in [5, 5.41) is 18.2. The van der Waals surface area contributed by atoms with Crippen LogP contribution in [-0.2, 0) is 7.05 Å². The number of aromatic amines is 2. The molecule has 0 spiro atoms. The first-order valence-electron chi connectivity index (χ1n) is 17.6. The second kappa shape index (κ2) is 28.1. The van der Waals surface area contributed by atoms with E-state index in [4.69, 9.17) is 4.42 Å². The Morgan fingerprint density at radius 3 is 1.52 bits per heavy atom. The molecule has 6 rings (SSSR count). The molecule has 0 aliphatic rings. The standard InChI is InChI=1S/C7H12N2.C7H10O.C7H10S.C6H10N2.C6H9NS.C4H5N.C4H10/c1-6(2)7-4-8-9(3)5-7;2*1-6(2)7-3-4-8-5-7;1-5(2)6-3-7-8-4-6;1-5(2)6-7-3-4-8-6;1-2-4-5-3-1;1-4(2)3/h4-6H,1-3H3;2*3-6H,1-2H3;3-5H,1-2H3,(H,7,8);3-5H,1-2H3;1-5H;4H,1-3H3. The van der Waals surface area contributed by atoms with Gasteiger partial charge in [-0.3, -0.25) is 9.78 Å². The van der Waals surface area contributed by atoms with Gasteiger partial charge >= 0.3 is 0 Å². The number of hydrogen-bond donors (Lipinski definition) is 2. The van der Waals surface area contributed by atoms with Crippen molar-refractivity contribution < 1.29 is 4.42 Å². The molecule has 0 amide bonds. The minimum Gasteiger partial charge on any atom is -0.472 e. The smallest absolute Gasteiger partial charge is 0.0950 e. The van der Waals surface area contributed by atoms with Crippen LogP contribution in [0.25, 0.3) is 0 Å². The SMILES string of the molecule is CC(C)C.CC(C)c1ccoc1.CC(C)c1ccsc1.CC(C)c1cn[nH]c1.CC(C)c1cnn(C)c1.CC(C)c1nccs1.c1cc[nH]c1. The van der Waals surface area contributed by atoms with Crippen molar-refractivity contribution in [3.63, 3.8) is 0 Å². The summed E-state index contributed by atoms with van der Waals surface area (Å²) in [5.41, 5.74) is 5.29. The quantitative estimate of drug-likeness (QED) is 0.185. The maximum atomic E-state index is 4.88. The summed E-state index contributed by atoms with van der Waals surface area (Å²) in [4.78, 5) is 7.00. The van der Waals surface area contributed by atoms with Gasteiger partial charge in [-0.1, -0.05) is 90.0 Å². The first-order valence-corrected chi connectivity index (χ1v) is 19.5. The van der Waals surface area contributed by atoms with Gasteiger partial charge in [0.1, 0.15) is 0 Å². The third kappa shape index (κ3) is 24.4. The maximum Gasteiger partial charge on any atom is 0.0950 e. The van der Waals surface area contributed by atoms with Crippen molar-refractivity contribution in [2.24, 2.45) is 13.0 Å². The number of nitrogens with zero attached hydrogens (tertiary/aromatic N) is 4. The van der Waals surface area contributed by atoms with Crippen molar-refractivity contribution >= 4 is 22.7 Å². The van der Waals surface area contributed by atoms with E-state index in [0.717, 1.165) is 5.92 Å². The Labute approximate surface area is 312 Å². The molecule has 0 saturated carbocycles. The molecule has 0 saturated heterocycles. The lowest BCUT2D eigenvalue weighted by Gasteiger charge is -1.96. The van der Waals surface area contributed by atoms with Crippen LogP contribution in [0.4, 0.5) is 0 Å². The van der Waals surface area contributed by atoms with Crippen molar-refractivity contribution in [3.8, 4) is 0 Å². The Morgan fingerprint density at radius 2 is 1.30 bits per heavy atom. The van der Waals surface area contributed by atoms with Gasteiger partial charge in [0.15, 0.2) is 0 Å². The summed E-state index contributed by atoms with van der Waals surface area (Å²) in [5.74, 6) is 3.90. The van der Waals surface area contributed by atoms with E-state index in [0.29, 0.717) is 29.6 Å². The third-order valence-corrected chi connectivity index (χ3v) is 8.22. The topological polar surface area (TPSA) is 88.3 Å². The molecule has 6 aromatic rings. The predicted octanol–water partition coefficient (Wildman–Crippen LogP) is 13.3. The highest BCUT2D eigenvalue weighted by Gasteiger charge is 2.00. The van der Waals surface area contributed by atoms with Crippen LogP contribution in [0.5, 0.6) is 0 Å². The van der Waals surface area contributed by atoms with E-state index < -0.39 is 0 Å². The zero-order valence-electron chi connectivity index (χ0n) is 33.2. The monoisotopic (exact) mass is 722 g/mol. The molecule has 50 heavy (non-hydrogen) atoms. The Hall–Kier alpha value is -3.69. The molecule has 0 aromatic carbocycles. The van der Waals surface area contributed by atoms with Crippen molar-refractivity contribution in [2.45, 2.75) is 120 Å². The normalized spacial score (nSPS) is 10.1. The summed E-state index contributed by atoms with van der Waals surface area (Å²) in [7, 11) is 1.94. The summed E-state index contributed by atoms with van der Waals surface area (Å²) in [6, 6.07) is 8.06. The number of aromatic nitrogens is 6. The van der Waals surface area contributed by atoms with Gasteiger partial charge in [0.05, 0.1) is 29.9 Å². The second-order valence-electron chi connectivity index (χ2n) is 13.9. The number of rotatable bonds is 5. The molecule has 0 radical (unpaired) electrons. The van der Waals surface area contributed by atoms with Crippen molar-refractivity contribution in [1.82, 2.24) is 29.9 Å². The molecule has 9 heteroatoms. The summed E-state index contributed by atoms with van der Waals surface area (Å²) in [6.45, 7) is 28.1. The van der Waals surface area contributed by atoms with E-state index in [1.165, 1.54) is 27.3 Å². The highest BCUT2D eigenvalue weighted by atomic mass is 32.1. The third-order valence-electron chi connectivity index (χ3n) is 6.44. The zero-order valence-corrected chi connectivity index (χ0v) is 34.8. The minimum atomic E-state index is 0.591. The molecule has 278 valence electrons. The summed E-state index contributed by atoms with van der Waals surface area (Å²) >= 11 is 3.49. The zero-order chi connectivity index (χ0) is 37.9. The van der Waals surface area contributed by atoms with Gasteiger partial charge in [0, 0.05) is 49.3 Å². The fraction of sp³-hybridized carbons (Fsp3) is 0.488. The second-order valence-corrected chi connectivity index (χ2v) is 15.6. The summed E-state index contributed by atoms with van der Waals surface area (Å²) < 4.78 is 6.70. The first kappa shape index (κ1) is 46.3. The van der Waals surface area contributed by atoms with Gasteiger partial charge in [-0.15, -0.1) is 11.3 Å². The number of thiophene rings is 1. The van der Waals surface area contributed by atoms with Gasteiger partial charge in [-0.25, -0.2) is 4.98 Å². The van der Waals surface area contributed by atoms with Crippen LogP contribution in [-0.4, -0.2) is 29.9 Å². The molecule has 2 N–H and O–H groups in total. The van der Waals surface area contributed by atoms with Crippen LogP contribution >= 0.6 is 22.7 Å². The minimum absolute atomic E-state index is 0.591. The molecule has 0 aliphatic heterocycles. The van der Waals surface area contributed by atoms with Crippen LogP contribution in [0.2, 0.25) is 0 Å². The molecule has 6 heterocycles. The highest BCUT2D eigenvalue weighted by Crippen LogP contribution is 2.17. The molecular weight excluding hydrogens is 657 g/mol. The molecule has 0 unspecified atom stereocenters. The van der Waals surface area contributed by atoms with Crippen LogP contribution in [0.15, 0.2) is 101 Å². The largest absolute Gasteiger partial charge is 0.472 e. The van der Waals surface area contributed by atoms with E-state index in [1.54, 1.807) is 35.2 Å². The average molecular weight is 723 g/mol. The van der Waals surface area contributed by atoms with Crippen LogP contribution in [0.1, 0.15) is 147 Å². The molecule has 7 nitrogen and oxygen atoms in total. The van der Waals surface area contributed by atoms with Crippen LogP contribution in [0.3, 0.4) is 0 Å². The molecule has 0 fully saturated rings. The molecular formula is C41H66N6OS2. The number of H-pyrrole nitrogens is 2. The van der Waals surface area contributed by atoms with E-state index in [1.807, 2.05) is 78.7 Å². The van der Waals surface area contributed by atoms with Crippen LogP contribution < -0.4 is 0 Å². The van der Waals surface area contributed by atoms with Gasteiger partial charge in [-0.05, 0) is 86.9 Å². The summed E-state index contributed by atoms with van der Waals surface area (Å²) in [6.07, 6.45) is 16.8. The van der Waals surface area contributed by atoms with Gasteiger partial charge in [0.2, 0.25) is 0 Å². The van der Waals surface area contributed by atoms with E-state index in [2.05, 4.69) is 132 Å². The number of hydrogen-bond acceptors (Lipinski definition) is 6. The van der Waals surface area contributed by atoms with E-state index in [-0.39, 0.29) is 0 Å². The Kier molecular flexibility index (Phi) is 26.0. The van der Waals surface area contributed by atoms with Gasteiger partial charge in [0.25, 0.3) is 0 Å². The van der Waals surface area contributed by atoms with Gasteiger partial charge in [-0.2, -0.15) is 21.5 Å². The predicted molar refractivity (Wildman–Crippen MR) is 219 cm³/mol. The van der Waals surface area contributed by atoms with Crippen molar-refractivity contribution in [2.75, 3.05) is 0 Å². The molecule has 0 atom stereocenters. The highest BCUT2D eigenvalue weighted by molar-refractivity contribution is 7.09. The Morgan fingerprint density at radius 1 is 0.700 bits per heavy atom.